The lowest BCUT2D eigenvalue weighted by Gasteiger charge is -2.44. The zero-order valence-corrected chi connectivity index (χ0v) is 21.1. The second-order valence-electron chi connectivity index (χ2n) is 9.28. The highest BCUT2D eigenvalue weighted by atomic mass is 19.2. The van der Waals surface area contributed by atoms with E-state index in [1.165, 1.54) is 0 Å². The van der Waals surface area contributed by atoms with Gasteiger partial charge in [-0.25, -0.2) is 35.1 Å². The van der Waals surface area contributed by atoms with E-state index in [1.807, 2.05) is 0 Å². The van der Waals surface area contributed by atoms with Gasteiger partial charge in [0.25, 0.3) is 0 Å². The Kier molecular flexibility index (Phi) is 7.61. The molecule has 0 atom stereocenters. The first-order valence-electron chi connectivity index (χ1n) is 11.9. The predicted molar refractivity (Wildman–Crippen MR) is 145 cm³/mol. The molecule has 0 aliphatic heterocycles. The molecule has 0 heterocycles. The smallest absolute Gasteiger partial charge is 0.130 e. The molecule has 4 rings (SSSR count). The van der Waals surface area contributed by atoms with Crippen LogP contribution < -0.4 is 21.9 Å². The van der Waals surface area contributed by atoms with Crippen LogP contribution in [0.4, 0.5) is 35.1 Å². The van der Waals surface area contributed by atoms with Crippen molar-refractivity contribution in [1.82, 2.24) is 0 Å². The predicted octanol–water partition coefficient (Wildman–Crippen LogP) is 6.41. The van der Waals surface area contributed by atoms with Crippen LogP contribution in [0, 0.1) is 53.5 Å². The molecule has 0 aliphatic rings. The molecule has 0 spiro atoms. The van der Waals surface area contributed by atoms with Gasteiger partial charge in [-0.2, -0.15) is 21.9 Å². The Balaban J connectivity index is 2.34. The molecular weight excluding hydrogens is 535 g/mol. The number of benzene rings is 4. The van der Waals surface area contributed by atoms with Crippen LogP contribution in [0.1, 0.15) is 22.3 Å². The fourth-order valence-corrected chi connectivity index (χ4v) is 5.22. The molecule has 0 aromatic heterocycles. The normalized spacial score (nSPS) is 11.4. The lowest BCUT2D eigenvalue weighted by atomic mass is 9.13. The summed E-state index contributed by atoms with van der Waals surface area (Å²) in [5, 5.41) is 0. The molecule has 0 nitrogen and oxygen atoms in total. The molecule has 0 N–H and O–H groups in total. The third-order valence-electron chi connectivity index (χ3n) is 7.22. The lowest BCUT2D eigenvalue weighted by molar-refractivity contribution is 0.570. The average molecular weight is 555 g/mol. The van der Waals surface area contributed by atoms with E-state index in [4.69, 9.17) is 0 Å². The molecule has 0 unspecified atom stereocenters. The highest BCUT2D eigenvalue weighted by Gasteiger charge is 2.36. The summed E-state index contributed by atoms with van der Waals surface area (Å²) in [6, 6.07) is 6.20. The van der Waals surface area contributed by atoms with E-state index < -0.39 is 96.8 Å². The van der Waals surface area contributed by atoms with E-state index >= 15 is 35.1 Å². The number of halogens is 8. The molecular formula is C31H20BF8-. The molecule has 9 heteroatoms. The molecule has 0 saturated carbocycles. The van der Waals surface area contributed by atoms with Gasteiger partial charge in [-0.1, -0.05) is 86.5 Å². The summed E-state index contributed by atoms with van der Waals surface area (Å²) in [6.45, 7) is 11.2. The Morgan fingerprint density at radius 2 is 0.625 bits per heavy atom. The minimum Gasteiger partial charge on any atom is -0.207 e. The van der Waals surface area contributed by atoms with Crippen LogP contribution in [-0.4, -0.2) is 6.15 Å². The van der Waals surface area contributed by atoms with Gasteiger partial charge in [0.15, 0.2) is 0 Å². The quantitative estimate of drug-likeness (QED) is 0.183. The Labute approximate surface area is 225 Å². The van der Waals surface area contributed by atoms with Gasteiger partial charge < -0.3 is 0 Å². The van der Waals surface area contributed by atoms with Crippen LogP contribution in [0.2, 0.25) is 0 Å². The highest BCUT2D eigenvalue weighted by Crippen LogP contribution is 2.22. The van der Waals surface area contributed by atoms with E-state index in [0.29, 0.717) is 0 Å². The topological polar surface area (TPSA) is 0 Å². The summed E-state index contributed by atoms with van der Waals surface area (Å²) in [5.74, 6) is -9.33. The summed E-state index contributed by atoms with van der Waals surface area (Å²) < 4.78 is 121. The van der Waals surface area contributed by atoms with Crippen molar-refractivity contribution < 1.29 is 35.1 Å². The third-order valence-corrected chi connectivity index (χ3v) is 7.22. The van der Waals surface area contributed by atoms with Crippen molar-refractivity contribution >= 4 is 46.2 Å². The van der Waals surface area contributed by atoms with E-state index in [0.717, 1.165) is 73.7 Å². The zero-order chi connectivity index (χ0) is 29.5. The fourth-order valence-electron chi connectivity index (χ4n) is 5.22. The minimum atomic E-state index is -3.47. The molecule has 0 fully saturated rings. The summed E-state index contributed by atoms with van der Waals surface area (Å²) >= 11 is 0. The Hall–Kier alpha value is -4.40. The van der Waals surface area contributed by atoms with Crippen LogP contribution in [0.5, 0.6) is 0 Å². The number of rotatable bonds is 7. The van der Waals surface area contributed by atoms with Crippen LogP contribution in [-0.2, 0) is 0 Å². The molecule has 0 radical (unpaired) electrons. The van der Waals surface area contributed by atoms with Crippen molar-refractivity contribution in [3.05, 3.63) is 137 Å². The van der Waals surface area contributed by atoms with Gasteiger partial charge in [0.05, 0.1) is 0 Å². The van der Waals surface area contributed by atoms with Crippen LogP contribution >= 0.6 is 0 Å². The summed E-state index contributed by atoms with van der Waals surface area (Å²) in [5.41, 5.74) is -3.77. The first kappa shape index (κ1) is 28.6. The van der Waals surface area contributed by atoms with Crippen LogP contribution in [0.3, 0.4) is 0 Å². The van der Waals surface area contributed by atoms with Crippen molar-refractivity contribution in [2.75, 3.05) is 0 Å². The second-order valence-corrected chi connectivity index (χ2v) is 9.28. The summed E-state index contributed by atoms with van der Waals surface area (Å²) in [7, 11) is 0. The summed E-state index contributed by atoms with van der Waals surface area (Å²) in [6.07, 6.45) is -0.830. The van der Waals surface area contributed by atoms with Crippen molar-refractivity contribution in [2.24, 2.45) is 0 Å². The van der Waals surface area contributed by atoms with E-state index in [9.17, 15) is 0 Å². The SMILES string of the molecule is C=Cc1c(F)cc([B-](c2cc(F)c(C)c(F)c2)(c2cc(F)c(C=C)c(F)c2)c2cc(F)c(C=C)c(F)c2)cc1F. The van der Waals surface area contributed by atoms with Crippen LogP contribution in [0.15, 0.2) is 68.3 Å². The highest BCUT2D eigenvalue weighted by molar-refractivity contribution is 7.19. The van der Waals surface area contributed by atoms with Gasteiger partial charge in [-0.15, -0.1) is 0 Å². The molecule has 0 saturated heterocycles. The van der Waals surface area contributed by atoms with E-state index in [-0.39, 0.29) is 0 Å². The maximum absolute atomic E-state index is 15.2. The molecule has 4 aromatic carbocycles. The largest absolute Gasteiger partial charge is 0.207 e. The second kappa shape index (κ2) is 10.6. The van der Waals surface area contributed by atoms with Crippen molar-refractivity contribution in [3.8, 4) is 0 Å². The Bertz CT molecular complexity index is 1460. The van der Waals surface area contributed by atoms with Gasteiger partial charge in [0, 0.05) is 22.3 Å². The van der Waals surface area contributed by atoms with Gasteiger partial charge in [0.1, 0.15) is 52.7 Å². The third kappa shape index (κ3) is 4.45. The molecule has 40 heavy (non-hydrogen) atoms. The van der Waals surface area contributed by atoms with E-state index in [1.54, 1.807) is 0 Å². The van der Waals surface area contributed by atoms with Gasteiger partial charge in [-0.3, -0.25) is 0 Å². The zero-order valence-electron chi connectivity index (χ0n) is 21.1. The van der Waals surface area contributed by atoms with Crippen molar-refractivity contribution in [3.63, 3.8) is 0 Å². The molecule has 0 amide bonds. The summed E-state index contributed by atoms with van der Waals surface area (Å²) in [4.78, 5) is 0. The molecule has 0 bridgehead atoms. The average Bonchev–Trinajstić information content (AvgIpc) is 2.87. The number of hydrogen-bond donors (Lipinski definition) is 0. The Morgan fingerprint density at radius 3 is 0.825 bits per heavy atom. The molecule has 204 valence electrons. The first-order valence-corrected chi connectivity index (χ1v) is 11.9. The van der Waals surface area contributed by atoms with Crippen molar-refractivity contribution in [1.29, 1.82) is 0 Å². The van der Waals surface area contributed by atoms with Gasteiger partial charge in [-0.05, 0) is 6.92 Å². The monoisotopic (exact) mass is 555 g/mol. The lowest BCUT2D eigenvalue weighted by Crippen LogP contribution is -2.75. The minimum absolute atomic E-state index is 0.402. The first-order chi connectivity index (χ1) is 18.9. The number of hydrogen-bond acceptors (Lipinski definition) is 0. The Morgan fingerprint density at radius 1 is 0.425 bits per heavy atom. The van der Waals surface area contributed by atoms with Crippen LogP contribution in [0.25, 0.3) is 18.2 Å². The van der Waals surface area contributed by atoms with Gasteiger partial charge in [0.2, 0.25) is 0 Å². The standard InChI is InChI=1S/C31H20BF8/c1-5-21-26(35)10-18(11-27(21)36)32(17-8-24(33)16(4)25(34)9-17,19-12-28(37)22(6-2)29(38)13-19)20-14-30(39)23(7-3)31(40)15-20/h5-15H,1-3H2,4H3/q-1. The fraction of sp³-hybridized carbons (Fsp3) is 0.0323. The maximum atomic E-state index is 15.2. The van der Waals surface area contributed by atoms with E-state index in [2.05, 4.69) is 19.7 Å². The van der Waals surface area contributed by atoms with Gasteiger partial charge >= 0.3 is 0 Å². The van der Waals surface area contributed by atoms with Crippen molar-refractivity contribution in [2.45, 2.75) is 6.92 Å². The molecule has 0 aliphatic carbocycles. The maximum Gasteiger partial charge on any atom is 0.130 e. The molecule has 4 aromatic rings.